The molecule has 142 valence electrons. The van der Waals surface area contributed by atoms with E-state index in [4.69, 9.17) is 9.47 Å². The summed E-state index contributed by atoms with van der Waals surface area (Å²) < 4.78 is 13.6. The summed E-state index contributed by atoms with van der Waals surface area (Å²) >= 11 is 1.66. The molecule has 0 N–H and O–H groups in total. The normalized spacial score (nSPS) is 10.8. The molecule has 0 atom stereocenters. The SMILES string of the molecule is CCn1c(SCCOc2c(C)cccc2C)nnc1-c1ccccc1OC. The lowest BCUT2D eigenvalue weighted by Gasteiger charge is -2.12. The summed E-state index contributed by atoms with van der Waals surface area (Å²) in [6.45, 7) is 7.66. The first-order valence-electron chi connectivity index (χ1n) is 9.04. The average molecular weight is 384 g/mol. The molecule has 0 fully saturated rings. The largest absolute Gasteiger partial charge is 0.496 e. The molecule has 0 radical (unpaired) electrons. The van der Waals surface area contributed by atoms with Gasteiger partial charge in [-0.25, -0.2) is 0 Å². The molecule has 0 amide bonds. The first-order valence-corrected chi connectivity index (χ1v) is 10.0. The summed E-state index contributed by atoms with van der Waals surface area (Å²) in [7, 11) is 1.67. The van der Waals surface area contributed by atoms with E-state index < -0.39 is 0 Å². The Bertz CT molecular complexity index is 888. The van der Waals surface area contributed by atoms with Crippen LogP contribution in [-0.2, 0) is 6.54 Å². The fourth-order valence-electron chi connectivity index (χ4n) is 3.01. The lowest BCUT2D eigenvalue weighted by molar-refractivity contribution is 0.339. The Balaban J connectivity index is 1.69. The Labute approximate surface area is 164 Å². The highest BCUT2D eigenvalue weighted by atomic mass is 32.2. The molecule has 0 aliphatic carbocycles. The maximum Gasteiger partial charge on any atom is 0.191 e. The van der Waals surface area contributed by atoms with Crippen LogP contribution < -0.4 is 9.47 Å². The summed E-state index contributed by atoms with van der Waals surface area (Å²) in [5, 5.41) is 9.68. The number of hydrogen-bond donors (Lipinski definition) is 0. The fraction of sp³-hybridized carbons (Fsp3) is 0.333. The van der Waals surface area contributed by atoms with Gasteiger partial charge in [0.1, 0.15) is 11.5 Å². The lowest BCUT2D eigenvalue weighted by atomic mass is 10.1. The molecule has 1 heterocycles. The number of thioether (sulfide) groups is 1. The lowest BCUT2D eigenvalue weighted by Crippen LogP contribution is -2.05. The third-order valence-corrected chi connectivity index (χ3v) is 5.28. The molecule has 27 heavy (non-hydrogen) atoms. The maximum absolute atomic E-state index is 5.99. The topological polar surface area (TPSA) is 49.2 Å². The third-order valence-electron chi connectivity index (χ3n) is 4.35. The second kappa shape index (κ2) is 8.95. The van der Waals surface area contributed by atoms with Gasteiger partial charge in [0.2, 0.25) is 0 Å². The van der Waals surface area contributed by atoms with Gasteiger partial charge in [-0.1, -0.05) is 42.1 Å². The molecule has 2 aromatic carbocycles. The highest BCUT2D eigenvalue weighted by Crippen LogP contribution is 2.31. The van der Waals surface area contributed by atoms with Gasteiger partial charge in [-0.15, -0.1) is 10.2 Å². The zero-order chi connectivity index (χ0) is 19.2. The minimum atomic E-state index is 0.622. The molecule has 5 nitrogen and oxygen atoms in total. The Morgan fingerprint density at radius 1 is 1.00 bits per heavy atom. The Morgan fingerprint density at radius 2 is 1.74 bits per heavy atom. The number of nitrogens with zero attached hydrogens (tertiary/aromatic N) is 3. The van der Waals surface area contributed by atoms with Crippen LogP contribution in [0.15, 0.2) is 47.6 Å². The van der Waals surface area contributed by atoms with Gasteiger partial charge in [0.25, 0.3) is 0 Å². The number of para-hydroxylation sites is 2. The van der Waals surface area contributed by atoms with E-state index in [2.05, 4.69) is 53.7 Å². The second-order valence-corrected chi connectivity index (χ2v) is 7.23. The Hall–Kier alpha value is -2.47. The molecular weight excluding hydrogens is 358 g/mol. The van der Waals surface area contributed by atoms with Crippen molar-refractivity contribution in [1.29, 1.82) is 0 Å². The number of rotatable bonds is 8. The van der Waals surface area contributed by atoms with Gasteiger partial charge in [0.05, 0.1) is 19.3 Å². The number of benzene rings is 2. The van der Waals surface area contributed by atoms with Crippen LogP contribution in [0, 0.1) is 13.8 Å². The number of aromatic nitrogens is 3. The van der Waals surface area contributed by atoms with Gasteiger partial charge in [-0.3, -0.25) is 0 Å². The molecule has 0 bridgehead atoms. The van der Waals surface area contributed by atoms with E-state index in [1.54, 1.807) is 18.9 Å². The number of ether oxygens (including phenoxy) is 2. The summed E-state index contributed by atoms with van der Waals surface area (Å²) in [6.07, 6.45) is 0. The summed E-state index contributed by atoms with van der Waals surface area (Å²) in [4.78, 5) is 0. The van der Waals surface area contributed by atoms with Gasteiger partial charge in [-0.2, -0.15) is 0 Å². The van der Waals surface area contributed by atoms with E-state index in [0.717, 1.165) is 51.5 Å². The van der Waals surface area contributed by atoms with Gasteiger partial charge in [0, 0.05) is 12.3 Å². The van der Waals surface area contributed by atoms with Crippen molar-refractivity contribution in [1.82, 2.24) is 14.8 Å². The molecule has 0 saturated carbocycles. The van der Waals surface area contributed by atoms with Crippen molar-refractivity contribution in [2.45, 2.75) is 32.5 Å². The average Bonchev–Trinajstić information content (AvgIpc) is 3.09. The van der Waals surface area contributed by atoms with Gasteiger partial charge in [0.15, 0.2) is 11.0 Å². The molecule has 0 spiro atoms. The van der Waals surface area contributed by atoms with E-state index >= 15 is 0 Å². The Morgan fingerprint density at radius 3 is 2.44 bits per heavy atom. The number of aryl methyl sites for hydroxylation is 2. The summed E-state index contributed by atoms with van der Waals surface area (Å²) in [5.41, 5.74) is 3.28. The van der Waals surface area contributed by atoms with Crippen LogP contribution in [0.2, 0.25) is 0 Å². The van der Waals surface area contributed by atoms with E-state index in [1.165, 1.54) is 0 Å². The molecule has 6 heteroatoms. The van der Waals surface area contributed by atoms with Gasteiger partial charge >= 0.3 is 0 Å². The van der Waals surface area contributed by atoms with E-state index in [1.807, 2.05) is 24.3 Å². The predicted octanol–water partition coefficient (Wildman–Crippen LogP) is 4.76. The summed E-state index contributed by atoms with van der Waals surface area (Å²) in [6, 6.07) is 14.1. The molecule has 0 unspecified atom stereocenters. The zero-order valence-electron chi connectivity index (χ0n) is 16.2. The van der Waals surface area contributed by atoms with Crippen LogP contribution in [0.5, 0.6) is 11.5 Å². The molecule has 0 aliphatic rings. The minimum absolute atomic E-state index is 0.622. The van der Waals surface area contributed by atoms with Crippen molar-refractivity contribution in [2.24, 2.45) is 0 Å². The fourth-order valence-corrected chi connectivity index (χ4v) is 3.83. The van der Waals surface area contributed by atoms with Crippen molar-refractivity contribution in [2.75, 3.05) is 19.5 Å². The first kappa shape index (κ1) is 19.3. The standard InChI is InChI=1S/C21H25N3O2S/c1-5-24-20(17-11-6-7-12-18(17)25-4)22-23-21(24)27-14-13-26-19-15(2)9-8-10-16(19)3/h6-12H,5,13-14H2,1-4H3. The highest BCUT2D eigenvalue weighted by Gasteiger charge is 2.16. The number of methoxy groups -OCH3 is 1. The first-order chi connectivity index (χ1) is 13.2. The molecular formula is C21H25N3O2S. The quantitative estimate of drug-likeness (QED) is 0.414. The van der Waals surface area contributed by atoms with Crippen molar-refractivity contribution in [3.8, 4) is 22.9 Å². The summed E-state index contributed by atoms with van der Waals surface area (Å²) in [5.74, 6) is 3.41. The molecule has 0 saturated heterocycles. The second-order valence-electron chi connectivity index (χ2n) is 6.17. The van der Waals surface area contributed by atoms with E-state index in [-0.39, 0.29) is 0 Å². The van der Waals surface area contributed by atoms with E-state index in [9.17, 15) is 0 Å². The van der Waals surface area contributed by atoms with Crippen LogP contribution in [0.1, 0.15) is 18.1 Å². The van der Waals surface area contributed by atoms with Crippen LogP contribution in [0.3, 0.4) is 0 Å². The van der Waals surface area contributed by atoms with Crippen LogP contribution in [-0.4, -0.2) is 34.2 Å². The zero-order valence-corrected chi connectivity index (χ0v) is 17.0. The monoisotopic (exact) mass is 383 g/mol. The van der Waals surface area contributed by atoms with E-state index in [0.29, 0.717) is 6.61 Å². The predicted molar refractivity (Wildman–Crippen MR) is 110 cm³/mol. The molecule has 1 aromatic heterocycles. The van der Waals surface area contributed by atoms with Gasteiger partial charge in [-0.05, 0) is 44.0 Å². The molecule has 3 aromatic rings. The van der Waals surface area contributed by atoms with Crippen LogP contribution >= 0.6 is 11.8 Å². The van der Waals surface area contributed by atoms with Crippen molar-refractivity contribution < 1.29 is 9.47 Å². The third kappa shape index (κ3) is 4.27. The van der Waals surface area contributed by atoms with Crippen molar-refractivity contribution >= 4 is 11.8 Å². The number of hydrogen-bond acceptors (Lipinski definition) is 5. The van der Waals surface area contributed by atoms with Crippen LogP contribution in [0.25, 0.3) is 11.4 Å². The maximum atomic E-state index is 5.99. The Kier molecular flexibility index (Phi) is 6.40. The minimum Gasteiger partial charge on any atom is -0.496 e. The van der Waals surface area contributed by atoms with Crippen molar-refractivity contribution in [3.63, 3.8) is 0 Å². The highest BCUT2D eigenvalue weighted by molar-refractivity contribution is 7.99. The molecule has 3 rings (SSSR count). The molecule has 0 aliphatic heterocycles. The van der Waals surface area contributed by atoms with Gasteiger partial charge < -0.3 is 14.0 Å². The van der Waals surface area contributed by atoms with Crippen LogP contribution in [0.4, 0.5) is 0 Å². The smallest absolute Gasteiger partial charge is 0.191 e. The van der Waals surface area contributed by atoms with Crippen molar-refractivity contribution in [3.05, 3.63) is 53.6 Å².